The van der Waals surface area contributed by atoms with E-state index in [2.05, 4.69) is 27.5 Å². The van der Waals surface area contributed by atoms with Crippen molar-refractivity contribution < 1.29 is 9.90 Å². The first-order valence-electron chi connectivity index (χ1n) is 7.54. The highest BCUT2D eigenvalue weighted by molar-refractivity contribution is 5.73. The van der Waals surface area contributed by atoms with Gasteiger partial charge in [0, 0.05) is 31.0 Å². The summed E-state index contributed by atoms with van der Waals surface area (Å²) in [4.78, 5) is 19.6. The Morgan fingerprint density at radius 1 is 1.33 bits per heavy atom. The van der Waals surface area contributed by atoms with Crippen molar-refractivity contribution in [2.45, 2.75) is 52.6 Å². The van der Waals surface area contributed by atoms with Gasteiger partial charge in [0.1, 0.15) is 6.04 Å². The number of rotatable bonds is 10. The molecule has 0 fully saturated rings. The number of anilines is 1. The lowest BCUT2D eigenvalue weighted by molar-refractivity contribution is -0.140. The number of nitrogens with one attached hydrogen (secondary N) is 2. The first-order chi connectivity index (χ1) is 10.0. The minimum Gasteiger partial charge on any atom is -0.480 e. The summed E-state index contributed by atoms with van der Waals surface area (Å²) in [5.74, 6) is 0.131. The van der Waals surface area contributed by atoms with Crippen molar-refractivity contribution in [1.29, 1.82) is 0 Å². The van der Waals surface area contributed by atoms with Gasteiger partial charge in [-0.1, -0.05) is 27.2 Å². The molecule has 0 aliphatic rings. The van der Waals surface area contributed by atoms with Crippen molar-refractivity contribution in [1.82, 2.24) is 15.3 Å². The highest BCUT2D eigenvalue weighted by Crippen LogP contribution is 2.07. The molecule has 0 amide bonds. The maximum Gasteiger partial charge on any atom is 0.320 e. The Balaban J connectivity index is 2.45. The summed E-state index contributed by atoms with van der Waals surface area (Å²) in [6.45, 7) is 7.48. The van der Waals surface area contributed by atoms with Gasteiger partial charge in [-0.2, -0.15) is 0 Å². The molecule has 6 nitrogen and oxygen atoms in total. The maximum atomic E-state index is 11.2. The number of carboxylic acid groups (broad SMARTS) is 1. The van der Waals surface area contributed by atoms with Crippen LogP contribution in [0.2, 0.25) is 0 Å². The molecule has 0 saturated heterocycles. The number of hydrogen-bond acceptors (Lipinski definition) is 5. The molecule has 6 heteroatoms. The summed E-state index contributed by atoms with van der Waals surface area (Å²) < 4.78 is 0. The Labute approximate surface area is 126 Å². The average Bonchev–Trinajstić information content (AvgIpc) is 2.44. The lowest BCUT2D eigenvalue weighted by atomic mass is 10.0. The second-order valence-corrected chi connectivity index (χ2v) is 5.60. The lowest BCUT2D eigenvalue weighted by Crippen LogP contribution is -2.37. The highest BCUT2D eigenvalue weighted by atomic mass is 16.4. The van der Waals surface area contributed by atoms with Crippen molar-refractivity contribution in [3.05, 3.63) is 18.0 Å². The number of aromatic nitrogens is 2. The smallest absolute Gasteiger partial charge is 0.320 e. The average molecular weight is 294 g/mol. The molecule has 0 aromatic carbocycles. The monoisotopic (exact) mass is 294 g/mol. The topological polar surface area (TPSA) is 87.1 Å². The standard InChI is InChI=1S/C15H26N4O2/c1-4-5-6-16-15-18-9-12(10-19-15)8-17-13(14(20)21)7-11(2)3/h9-11,13,17H,4-8H2,1-3H3,(H,20,21)(H,16,18,19)/t13-/m0/s1. The van der Waals surface area contributed by atoms with Gasteiger partial charge in [-0.3, -0.25) is 4.79 Å². The van der Waals surface area contributed by atoms with E-state index in [1.807, 2.05) is 13.8 Å². The van der Waals surface area contributed by atoms with Gasteiger partial charge in [0.25, 0.3) is 0 Å². The van der Waals surface area contributed by atoms with Crippen LogP contribution in [0.25, 0.3) is 0 Å². The molecule has 0 saturated carbocycles. The predicted octanol–water partition coefficient (Wildman–Crippen LogP) is 2.28. The molecule has 21 heavy (non-hydrogen) atoms. The molecule has 1 aromatic rings. The number of hydrogen-bond donors (Lipinski definition) is 3. The van der Waals surface area contributed by atoms with Gasteiger partial charge in [-0.25, -0.2) is 9.97 Å². The molecule has 0 aliphatic heterocycles. The molecule has 0 radical (unpaired) electrons. The zero-order chi connectivity index (χ0) is 15.7. The van der Waals surface area contributed by atoms with Crippen molar-refractivity contribution in [3.63, 3.8) is 0 Å². The fraction of sp³-hybridized carbons (Fsp3) is 0.667. The van der Waals surface area contributed by atoms with Crippen molar-refractivity contribution in [2.24, 2.45) is 5.92 Å². The van der Waals surface area contributed by atoms with E-state index in [0.29, 0.717) is 24.8 Å². The molecule has 0 unspecified atom stereocenters. The second-order valence-electron chi connectivity index (χ2n) is 5.60. The lowest BCUT2D eigenvalue weighted by Gasteiger charge is -2.16. The van der Waals surface area contributed by atoms with Crippen molar-refractivity contribution in [3.8, 4) is 0 Å². The van der Waals surface area contributed by atoms with Crippen LogP contribution in [-0.4, -0.2) is 33.6 Å². The van der Waals surface area contributed by atoms with Crippen LogP contribution in [0, 0.1) is 5.92 Å². The van der Waals surface area contributed by atoms with Gasteiger partial charge in [0.2, 0.25) is 5.95 Å². The maximum absolute atomic E-state index is 11.2. The van der Waals surface area contributed by atoms with Crippen LogP contribution in [0.15, 0.2) is 12.4 Å². The predicted molar refractivity (Wildman–Crippen MR) is 83.1 cm³/mol. The molecule has 1 aromatic heterocycles. The molecule has 118 valence electrons. The molecule has 0 aliphatic carbocycles. The third kappa shape index (κ3) is 7.04. The van der Waals surface area contributed by atoms with E-state index in [1.165, 1.54) is 0 Å². The van der Waals surface area contributed by atoms with E-state index in [-0.39, 0.29) is 0 Å². The minimum absolute atomic E-state index is 0.333. The van der Waals surface area contributed by atoms with Gasteiger partial charge >= 0.3 is 5.97 Å². The van der Waals surface area contributed by atoms with Crippen LogP contribution in [0.1, 0.15) is 45.6 Å². The molecule has 3 N–H and O–H groups in total. The van der Waals surface area contributed by atoms with Gasteiger partial charge in [0.15, 0.2) is 0 Å². The van der Waals surface area contributed by atoms with Gasteiger partial charge in [-0.15, -0.1) is 0 Å². The number of carboxylic acids is 1. The molecule has 1 heterocycles. The fourth-order valence-corrected chi connectivity index (χ4v) is 1.90. The van der Waals surface area contributed by atoms with Crippen LogP contribution in [0.4, 0.5) is 5.95 Å². The van der Waals surface area contributed by atoms with E-state index in [0.717, 1.165) is 24.9 Å². The van der Waals surface area contributed by atoms with Crippen LogP contribution in [-0.2, 0) is 11.3 Å². The summed E-state index contributed by atoms with van der Waals surface area (Å²) in [7, 11) is 0. The van der Waals surface area contributed by atoms with Gasteiger partial charge in [0.05, 0.1) is 0 Å². The largest absolute Gasteiger partial charge is 0.480 e. The summed E-state index contributed by atoms with van der Waals surface area (Å²) in [5.41, 5.74) is 0.881. The summed E-state index contributed by atoms with van der Waals surface area (Å²) in [5, 5.41) is 15.3. The van der Waals surface area contributed by atoms with Crippen molar-refractivity contribution in [2.75, 3.05) is 11.9 Å². The Kier molecular flexibility index (Phi) is 7.68. The summed E-state index contributed by atoms with van der Waals surface area (Å²) in [6.07, 6.45) is 6.27. The zero-order valence-electron chi connectivity index (χ0n) is 13.1. The summed E-state index contributed by atoms with van der Waals surface area (Å²) in [6, 6.07) is -0.535. The number of aliphatic carboxylic acids is 1. The molecule has 1 atom stereocenters. The molecule has 0 bridgehead atoms. The molecular weight excluding hydrogens is 268 g/mol. The normalized spacial score (nSPS) is 12.4. The van der Waals surface area contributed by atoms with Gasteiger partial charge in [-0.05, 0) is 18.8 Å². The Bertz CT molecular complexity index is 420. The number of nitrogens with zero attached hydrogens (tertiary/aromatic N) is 2. The van der Waals surface area contributed by atoms with E-state index in [4.69, 9.17) is 5.11 Å². The van der Waals surface area contributed by atoms with E-state index >= 15 is 0 Å². The third-order valence-corrected chi connectivity index (χ3v) is 3.08. The third-order valence-electron chi connectivity index (χ3n) is 3.08. The first-order valence-corrected chi connectivity index (χ1v) is 7.54. The number of unbranched alkanes of at least 4 members (excludes halogenated alkanes) is 1. The SMILES string of the molecule is CCCCNc1ncc(CN[C@@H](CC(C)C)C(=O)O)cn1. The van der Waals surface area contributed by atoms with Crippen LogP contribution in [0.5, 0.6) is 0 Å². The zero-order valence-corrected chi connectivity index (χ0v) is 13.1. The second kappa shape index (κ2) is 9.28. The Morgan fingerprint density at radius 2 is 2.00 bits per heavy atom. The van der Waals surface area contributed by atoms with E-state index < -0.39 is 12.0 Å². The molecule has 0 spiro atoms. The van der Waals surface area contributed by atoms with Crippen LogP contribution < -0.4 is 10.6 Å². The molecule has 1 rings (SSSR count). The van der Waals surface area contributed by atoms with E-state index in [1.54, 1.807) is 12.4 Å². The van der Waals surface area contributed by atoms with Crippen LogP contribution in [0.3, 0.4) is 0 Å². The van der Waals surface area contributed by atoms with E-state index in [9.17, 15) is 4.79 Å². The Morgan fingerprint density at radius 3 is 2.52 bits per heavy atom. The highest BCUT2D eigenvalue weighted by Gasteiger charge is 2.17. The fourth-order valence-electron chi connectivity index (χ4n) is 1.90. The first kappa shape index (κ1) is 17.4. The Hall–Kier alpha value is -1.69. The quantitative estimate of drug-likeness (QED) is 0.574. The van der Waals surface area contributed by atoms with Crippen LogP contribution >= 0.6 is 0 Å². The minimum atomic E-state index is -0.817. The van der Waals surface area contributed by atoms with Gasteiger partial charge < -0.3 is 15.7 Å². The summed E-state index contributed by atoms with van der Waals surface area (Å²) >= 11 is 0. The number of carbonyl (C=O) groups is 1. The van der Waals surface area contributed by atoms with Crippen molar-refractivity contribution >= 4 is 11.9 Å². The molecular formula is C15H26N4O2.